The van der Waals surface area contributed by atoms with Crippen LogP contribution in [0.4, 0.5) is 4.79 Å². The van der Waals surface area contributed by atoms with E-state index in [4.69, 9.17) is 4.74 Å². The third-order valence-corrected chi connectivity index (χ3v) is 4.44. The zero-order valence-electron chi connectivity index (χ0n) is 14.2. The van der Waals surface area contributed by atoms with Crippen molar-refractivity contribution in [2.45, 2.75) is 71.2 Å². The molecule has 1 amide bonds. The van der Waals surface area contributed by atoms with Crippen LogP contribution in [0.5, 0.6) is 0 Å². The molecule has 5 nitrogen and oxygen atoms in total. The predicted molar refractivity (Wildman–Crippen MR) is 84.5 cm³/mol. The smallest absolute Gasteiger partial charge is 0.410 e. The van der Waals surface area contributed by atoms with Crippen molar-refractivity contribution in [3.63, 3.8) is 0 Å². The topological polar surface area (TPSA) is 44.8 Å². The maximum Gasteiger partial charge on any atom is 0.410 e. The Bertz CT molecular complexity index is 361. The van der Waals surface area contributed by atoms with E-state index in [0.29, 0.717) is 12.1 Å². The molecule has 0 radical (unpaired) electrons. The van der Waals surface area contributed by atoms with Gasteiger partial charge in [0, 0.05) is 31.2 Å². The normalized spacial score (nSPS) is 29.5. The molecule has 2 saturated heterocycles. The Hall–Kier alpha value is -0.810. The predicted octanol–water partition coefficient (Wildman–Crippen LogP) is 2.07. The summed E-state index contributed by atoms with van der Waals surface area (Å²) in [6.07, 6.45) is 2.25. The van der Waals surface area contributed by atoms with Gasteiger partial charge in [0.1, 0.15) is 5.60 Å². The lowest BCUT2D eigenvalue weighted by molar-refractivity contribution is -0.0231. The molecule has 2 rings (SSSR count). The van der Waals surface area contributed by atoms with Crippen LogP contribution in [0, 0.1) is 0 Å². The molecule has 122 valence electrons. The molecule has 2 fully saturated rings. The van der Waals surface area contributed by atoms with Crippen molar-refractivity contribution in [1.82, 2.24) is 15.1 Å². The van der Waals surface area contributed by atoms with Crippen LogP contribution in [-0.4, -0.2) is 65.8 Å². The highest BCUT2D eigenvalue weighted by molar-refractivity contribution is 5.68. The lowest BCUT2D eigenvalue weighted by Crippen LogP contribution is -2.62. The zero-order chi connectivity index (χ0) is 15.6. The van der Waals surface area contributed by atoms with E-state index >= 15 is 0 Å². The number of nitrogens with one attached hydrogen (secondary N) is 1. The molecular formula is C16H31N3O2. The van der Waals surface area contributed by atoms with E-state index in [1.54, 1.807) is 0 Å². The Balaban J connectivity index is 1.96. The van der Waals surface area contributed by atoms with Crippen molar-refractivity contribution in [3.8, 4) is 0 Å². The molecule has 2 aliphatic heterocycles. The minimum absolute atomic E-state index is 0.174. The average Bonchev–Trinajstić information content (AvgIpc) is 2.40. The van der Waals surface area contributed by atoms with Gasteiger partial charge in [0.15, 0.2) is 0 Å². The number of carbonyl (C=O) groups excluding carboxylic acids is 1. The molecule has 0 saturated carbocycles. The van der Waals surface area contributed by atoms with Crippen LogP contribution in [0.2, 0.25) is 0 Å². The van der Waals surface area contributed by atoms with E-state index in [0.717, 1.165) is 26.2 Å². The first kappa shape index (κ1) is 16.6. The van der Waals surface area contributed by atoms with Crippen LogP contribution in [0.15, 0.2) is 0 Å². The van der Waals surface area contributed by atoms with Crippen molar-refractivity contribution < 1.29 is 9.53 Å². The summed E-state index contributed by atoms with van der Waals surface area (Å²) in [6.45, 7) is 14.1. The second-order valence-electron chi connectivity index (χ2n) is 7.51. The fraction of sp³-hybridized carbons (Fsp3) is 0.938. The van der Waals surface area contributed by atoms with Crippen molar-refractivity contribution in [2.75, 3.05) is 26.2 Å². The Morgan fingerprint density at radius 1 is 1.10 bits per heavy atom. The molecule has 0 bridgehead atoms. The van der Waals surface area contributed by atoms with Gasteiger partial charge < -0.3 is 15.0 Å². The lowest BCUT2D eigenvalue weighted by Gasteiger charge is -2.48. The minimum atomic E-state index is -0.424. The average molecular weight is 297 g/mol. The number of nitrogens with zero attached hydrogens (tertiary/aromatic N) is 2. The van der Waals surface area contributed by atoms with Crippen LogP contribution in [0.1, 0.15) is 47.5 Å². The summed E-state index contributed by atoms with van der Waals surface area (Å²) < 4.78 is 5.54. The fourth-order valence-corrected chi connectivity index (χ4v) is 3.38. The van der Waals surface area contributed by atoms with Crippen LogP contribution >= 0.6 is 0 Å². The van der Waals surface area contributed by atoms with Gasteiger partial charge in [0.25, 0.3) is 0 Å². The summed E-state index contributed by atoms with van der Waals surface area (Å²) in [5, 5.41) is 3.42. The highest BCUT2D eigenvalue weighted by Gasteiger charge is 2.37. The molecule has 2 aliphatic rings. The van der Waals surface area contributed by atoms with Gasteiger partial charge in [-0.05, 0) is 60.5 Å². The van der Waals surface area contributed by atoms with E-state index in [1.165, 1.54) is 12.8 Å². The molecule has 21 heavy (non-hydrogen) atoms. The number of rotatable bonds is 1. The Morgan fingerprint density at radius 2 is 1.71 bits per heavy atom. The Kier molecular flexibility index (Phi) is 5.15. The third-order valence-electron chi connectivity index (χ3n) is 4.44. The number of hydrogen-bond acceptors (Lipinski definition) is 4. The molecule has 0 spiro atoms. The summed E-state index contributed by atoms with van der Waals surface area (Å²) >= 11 is 0. The summed E-state index contributed by atoms with van der Waals surface area (Å²) in [5.74, 6) is 0. The van der Waals surface area contributed by atoms with Crippen molar-refractivity contribution in [1.29, 1.82) is 0 Å². The number of piperidine rings is 1. The molecule has 1 N–H and O–H groups in total. The van der Waals surface area contributed by atoms with Gasteiger partial charge in [-0.15, -0.1) is 0 Å². The van der Waals surface area contributed by atoms with E-state index < -0.39 is 5.60 Å². The lowest BCUT2D eigenvalue weighted by atomic mass is 9.99. The van der Waals surface area contributed by atoms with E-state index in [2.05, 4.69) is 24.1 Å². The number of carbonyl (C=O) groups is 1. The van der Waals surface area contributed by atoms with Crippen molar-refractivity contribution in [3.05, 3.63) is 0 Å². The first-order valence-electron chi connectivity index (χ1n) is 8.24. The maximum absolute atomic E-state index is 12.3. The van der Waals surface area contributed by atoms with Crippen LogP contribution in [-0.2, 0) is 4.74 Å². The fourth-order valence-electron chi connectivity index (χ4n) is 3.38. The summed E-state index contributed by atoms with van der Waals surface area (Å²) in [5.41, 5.74) is -0.424. The van der Waals surface area contributed by atoms with Crippen LogP contribution < -0.4 is 5.32 Å². The van der Waals surface area contributed by atoms with Gasteiger partial charge in [-0.2, -0.15) is 0 Å². The highest BCUT2D eigenvalue weighted by Crippen LogP contribution is 2.23. The maximum atomic E-state index is 12.3. The Morgan fingerprint density at radius 3 is 2.29 bits per heavy atom. The molecule has 2 heterocycles. The first-order valence-corrected chi connectivity index (χ1v) is 8.24. The van der Waals surface area contributed by atoms with Crippen LogP contribution in [0.3, 0.4) is 0 Å². The van der Waals surface area contributed by atoms with Crippen LogP contribution in [0.25, 0.3) is 0 Å². The van der Waals surface area contributed by atoms with Gasteiger partial charge in [-0.3, -0.25) is 4.90 Å². The van der Waals surface area contributed by atoms with Gasteiger partial charge in [-0.1, -0.05) is 0 Å². The molecule has 0 aromatic carbocycles. The monoisotopic (exact) mass is 297 g/mol. The summed E-state index contributed by atoms with van der Waals surface area (Å²) in [6, 6.07) is 1.27. The SMILES string of the molecule is C[C@@H]1CN(C2CCNCC2)[C@@H](C)CN1C(=O)OC(C)(C)C. The molecule has 5 heteroatoms. The number of piperazine rings is 1. The van der Waals surface area contributed by atoms with E-state index in [-0.39, 0.29) is 12.1 Å². The number of ether oxygens (including phenoxy) is 1. The quantitative estimate of drug-likeness (QED) is 0.805. The summed E-state index contributed by atoms with van der Waals surface area (Å²) in [7, 11) is 0. The number of hydrogen-bond donors (Lipinski definition) is 1. The molecule has 0 aromatic rings. The molecule has 0 aliphatic carbocycles. The molecule has 0 aromatic heterocycles. The Labute approximate surface area is 129 Å². The standard InChI is InChI=1S/C16H31N3O2/c1-12-11-19(15(20)21-16(3,4)5)13(2)10-18(12)14-6-8-17-9-7-14/h12-14,17H,6-11H2,1-5H3/t12-,13+/m0/s1. The van der Waals surface area contributed by atoms with Gasteiger partial charge in [-0.25, -0.2) is 4.79 Å². The molecule has 0 unspecified atom stereocenters. The third kappa shape index (κ3) is 4.33. The van der Waals surface area contributed by atoms with Gasteiger partial charge in [0.05, 0.1) is 0 Å². The van der Waals surface area contributed by atoms with Crippen molar-refractivity contribution >= 4 is 6.09 Å². The second kappa shape index (κ2) is 6.53. The second-order valence-corrected chi connectivity index (χ2v) is 7.51. The summed E-state index contributed by atoms with van der Waals surface area (Å²) in [4.78, 5) is 16.8. The van der Waals surface area contributed by atoms with Gasteiger partial charge >= 0.3 is 6.09 Å². The largest absolute Gasteiger partial charge is 0.444 e. The number of amides is 1. The molecule has 2 atom stereocenters. The van der Waals surface area contributed by atoms with E-state index in [9.17, 15) is 4.79 Å². The molecular weight excluding hydrogens is 266 g/mol. The van der Waals surface area contributed by atoms with Crippen molar-refractivity contribution in [2.24, 2.45) is 0 Å². The van der Waals surface area contributed by atoms with E-state index in [1.807, 2.05) is 25.7 Å². The zero-order valence-corrected chi connectivity index (χ0v) is 14.2. The van der Waals surface area contributed by atoms with Gasteiger partial charge in [0.2, 0.25) is 0 Å². The minimum Gasteiger partial charge on any atom is -0.444 e. The first-order chi connectivity index (χ1) is 9.78. The highest BCUT2D eigenvalue weighted by atomic mass is 16.6.